The second-order valence-corrected chi connectivity index (χ2v) is 5.12. The molecule has 0 atom stereocenters. The molecule has 0 aliphatic carbocycles. The van der Waals surface area contributed by atoms with Crippen molar-refractivity contribution in [2.45, 2.75) is 26.2 Å². The van der Waals surface area contributed by atoms with Gasteiger partial charge in [0.2, 0.25) is 0 Å². The predicted molar refractivity (Wildman–Crippen MR) is 75.1 cm³/mol. The van der Waals surface area contributed by atoms with Gasteiger partial charge in [-0.25, -0.2) is 0 Å². The Kier molecular flexibility index (Phi) is 5.02. The average molecular weight is 248 g/mol. The smallest absolute Gasteiger partial charge is 0.119 e. The van der Waals surface area contributed by atoms with Gasteiger partial charge in [-0.15, -0.1) is 0 Å². The van der Waals surface area contributed by atoms with Crippen molar-refractivity contribution in [3.63, 3.8) is 0 Å². The molecular weight excluding hydrogens is 224 g/mol. The fourth-order valence-corrected chi connectivity index (χ4v) is 2.62. The van der Waals surface area contributed by atoms with Crippen molar-refractivity contribution in [1.82, 2.24) is 10.2 Å². The number of benzene rings is 1. The van der Waals surface area contributed by atoms with Gasteiger partial charge in [-0.05, 0) is 63.0 Å². The van der Waals surface area contributed by atoms with E-state index in [1.165, 1.54) is 18.5 Å². The molecule has 0 bridgehead atoms. The highest BCUT2D eigenvalue weighted by Crippen LogP contribution is 2.21. The third kappa shape index (κ3) is 3.72. The van der Waals surface area contributed by atoms with Crippen LogP contribution in [0.5, 0.6) is 5.75 Å². The highest BCUT2D eigenvalue weighted by molar-refractivity contribution is 5.38. The summed E-state index contributed by atoms with van der Waals surface area (Å²) < 4.78 is 0. The van der Waals surface area contributed by atoms with E-state index in [-0.39, 0.29) is 0 Å². The van der Waals surface area contributed by atoms with E-state index in [1.54, 1.807) is 6.07 Å². The second kappa shape index (κ2) is 6.76. The van der Waals surface area contributed by atoms with Crippen LogP contribution in [0.4, 0.5) is 0 Å². The molecule has 0 amide bonds. The number of aryl methyl sites for hydroxylation is 1. The van der Waals surface area contributed by atoms with E-state index in [2.05, 4.69) is 23.2 Å². The topological polar surface area (TPSA) is 35.5 Å². The monoisotopic (exact) mass is 248 g/mol. The minimum Gasteiger partial charge on any atom is -0.508 e. The first-order valence-corrected chi connectivity index (χ1v) is 6.98. The minimum atomic E-state index is 0.451. The third-order valence-electron chi connectivity index (χ3n) is 3.72. The van der Waals surface area contributed by atoms with E-state index in [0.29, 0.717) is 5.75 Å². The zero-order chi connectivity index (χ0) is 12.8. The summed E-state index contributed by atoms with van der Waals surface area (Å²) in [4.78, 5) is 2.52. The molecule has 0 radical (unpaired) electrons. The lowest BCUT2D eigenvalue weighted by Crippen LogP contribution is -2.29. The number of phenolic OH excluding ortho intramolecular Hbond substituents is 1. The predicted octanol–water partition coefficient (Wildman–Crippen LogP) is 1.93. The molecule has 0 aromatic heterocycles. The van der Waals surface area contributed by atoms with Crippen molar-refractivity contribution in [2.75, 3.05) is 32.7 Å². The molecule has 1 heterocycles. The van der Waals surface area contributed by atoms with Gasteiger partial charge in [-0.1, -0.05) is 12.1 Å². The van der Waals surface area contributed by atoms with Gasteiger partial charge in [0.25, 0.3) is 0 Å². The lowest BCUT2D eigenvalue weighted by atomic mass is 10.0. The molecule has 1 fully saturated rings. The van der Waals surface area contributed by atoms with Crippen molar-refractivity contribution in [3.8, 4) is 5.75 Å². The molecular formula is C15H24N2O. The van der Waals surface area contributed by atoms with Gasteiger partial charge in [0.15, 0.2) is 0 Å². The maximum atomic E-state index is 9.85. The van der Waals surface area contributed by atoms with Crippen LogP contribution in [0, 0.1) is 6.92 Å². The summed E-state index contributed by atoms with van der Waals surface area (Å²) in [6.07, 6.45) is 3.34. The summed E-state index contributed by atoms with van der Waals surface area (Å²) in [5.41, 5.74) is 2.32. The average Bonchev–Trinajstić information content (AvgIpc) is 2.61. The first kappa shape index (κ1) is 13.4. The number of phenols is 1. The zero-order valence-electron chi connectivity index (χ0n) is 11.3. The molecule has 0 unspecified atom stereocenters. The van der Waals surface area contributed by atoms with Gasteiger partial charge in [0, 0.05) is 13.1 Å². The van der Waals surface area contributed by atoms with Crippen LogP contribution in [0.1, 0.15) is 24.0 Å². The van der Waals surface area contributed by atoms with Crippen LogP contribution in [-0.4, -0.2) is 42.7 Å². The van der Waals surface area contributed by atoms with Crippen LogP contribution in [0.25, 0.3) is 0 Å². The fourth-order valence-electron chi connectivity index (χ4n) is 2.62. The SMILES string of the molecule is Cc1cccc(O)c1CCCN1CCCNCC1. The molecule has 2 N–H and O–H groups in total. The summed E-state index contributed by atoms with van der Waals surface area (Å²) in [6.45, 7) is 7.82. The number of aromatic hydroxyl groups is 1. The summed E-state index contributed by atoms with van der Waals surface area (Å²) in [7, 11) is 0. The standard InChI is InChI=1S/C15H24N2O/c1-13-5-2-7-15(18)14(13)6-3-10-17-11-4-8-16-9-12-17/h2,5,7,16,18H,3-4,6,8-12H2,1H3. The number of rotatable bonds is 4. The Morgan fingerprint density at radius 2 is 2.17 bits per heavy atom. The molecule has 0 saturated carbocycles. The molecule has 1 aromatic carbocycles. The Hall–Kier alpha value is -1.06. The lowest BCUT2D eigenvalue weighted by molar-refractivity contribution is 0.288. The molecule has 1 aliphatic rings. The van der Waals surface area contributed by atoms with E-state index in [1.807, 2.05) is 6.07 Å². The number of hydrogen-bond donors (Lipinski definition) is 2. The minimum absolute atomic E-state index is 0.451. The molecule has 18 heavy (non-hydrogen) atoms. The van der Waals surface area contributed by atoms with Gasteiger partial charge >= 0.3 is 0 Å². The fraction of sp³-hybridized carbons (Fsp3) is 0.600. The Morgan fingerprint density at radius 3 is 3.00 bits per heavy atom. The number of nitrogens with zero attached hydrogens (tertiary/aromatic N) is 1. The van der Waals surface area contributed by atoms with Crippen molar-refractivity contribution in [3.05, 3.63) is 29.3 Å². The van der Waals surface area contributed by atoms with Crippen molar-refractivity contribution < 1.29 is 5.11 Å². The van der Waals surface area contributed by atoms with Crippen molar-refractivity contribution in [1.29, 1.82) is 0 Å². The molecule has 1 aliphatic heterocycles. The molecule has 1 aromatic rings. The van der Waals surface area contributed by atoms with E-state index < -0.39 is 0 Å². The van der Waals surface area contributed by atoms with Crippen LogP contribution in [0.15, 0.2) is 18.2 Å². The summed E-state index contributed by atoms with van der Waals surface area (Å²) in [5.74, 6) is 0.451. The van der Waals surface area contributed by atoms with E-state index >= 15 is 0 Å². The molecule has 3 heteroatoms. The van der Waals surface area contributed by atoms with Crippen LogP contribution >= 0.6 is 0 Å². The Balaban J connectivity index is 1.80. The number of hydrogen-bond acceptors (Lipinski definition) is 3. The largest absolute Gasteiger partial charge is 0.508 e. The van der Waals surface area contributed by atoms with E-state index in [9.17, 15) is 5.11 Å². The first-order chi connectivity index (χ1) is 8.77. The molecule has 100 valence electrons. The van der Waals surface area contributed by atoms with Crippen LogP contribution < -0.4 is 5.32 Å². The van der Waals surface area contributed by atoms with Gasteiger partial charge in [0.1, 0.15) is 5.75 Å². The van der Waals surface area contributed by atoms with Gasteiger partial charge < -0.3 is 15.3 Å². The Bertz CT molecular complexity index is 351. The second-order valence-electron chi connectivity index (χ2n) is 5.12. The molecule has 1 saturated heterocycles. The van der Waals surface area contributed by atoms with Crippen molar-refractivity contribution >= 4 is 0 Å². The normalized spacial score (nSPS) is 17.6. The van der Waals surface area contributed by atoms with Gasteiger partial charge in [-0.3, -0.25) is 0 Å². The van der Waals surface area contributed by atoms with E-state index in [4.69, 9.17) is 0 Å². The van der Waals surface area contributed by atoms with Crippen molar-refractivity contribution in [2.24, 2.45) is 0 Å². The van der Waals surface area contributed by atoms with Gasteiger partial charge in [0.05, 0.1) is 0 Å². The molecule has 0 spiro atoms. The maximum absolute atomic E-state index is 9.85. The third-order valence-corrected chi connectivity index (χ3v) is 3.72. The molecule has 2 rings (SSSR count). The first-order valence-electron chi connectivity index (χ1n) is 6.98. The highest BCUT2D eigenvalue weighted by Gasteiger charge is 2.09. The Morgan fingerprint density at radius 1 is 1.28 bits per heavy atom. The number of nitrogens with one attached hydrogen (secondary N) is 1. The maximum Gasteiger partial charge on any atom is 0.119 e. The quantitative estimate of drug-likeness (QED) is 0.854. The zero-order valence-corrected chi connectivity index (χ0v) is 11.3. The lowest BCUT2D eigenvalue weighted by Gasteiger charge is -2.19. The molecule has 3 nitrogen and oxygen atoms in total. The summed E-state index contributed by atoms with van der Waals surface area (Å²) in [5, 5.41) is 13.3. The summed E-state index contributed by atoms with van der Waals surface area (Å²) in [6, 6.07) is 5.78. The van der Waals surface area contributed by atoms with E-state index in [0.717, 1.165) is 44.6 Å². The summed E-state index contributed by atoms with van der Waals surface area (Å²) >= 11 is 0. The van der Waals surface area contributed by atoms with Crippen LogP contribution in [-0.2, 0) is 6.42 Å². The highest BCUT2D eigenvalue weighted by atomic mass is 16.3. The van der Waals surface area contributed by atoms with Crippen LogP contribution in [0.2, 0.25) is 0 Å². The van der Waals surface area contributed by atoms with Crippen LogP contribution in [0.3, 0.4) is 0 Å². The van der Waals surface area contributed by atoms with Gasteiger partial charge in [-0.2, -0.15) is 0 Å². The Labute approximate surface area is 110 Å².